The average Bonchev–Trinajstić information content (AvgIpc) is 3.32. The minimum atomic E-state index is -0.815. The third kappa shape index (κ3) is 4.12. The van der Waals surface area contributed by atoms with Gasteiger partial charge in [0.2, 0.25) is 0 Å². The van der Waals surface area contributed by atoms with Gasteiger partial charge in [0.25, 0.3) is 0 Å². The third-order valence-corrected chi connectivity index (χ3v) is 6.36. The lowest BCUT2D eigenvalue weighted by molar-refractivity contribution is -0.225. The molecule has 5 nitrogen and oxygen atoms in total. The van der Waals surface area contributed by atoms with Crippen molar-refractivity contribution in [2.24, 2.45) is 0 Å². The SMILES string of the molecule is CO[C@@H]1[C@H]2OC(C)(C)O[C@H]2O[C@@H]1COC(c1ccccc1)(c1ccccc1)c1ccccc1. The summed E-state index contributed by atoms with van der Waals surface area (Å²) in [6.45, 7) is 4.08. The number of hydrogen-bond donors (Lipinski definition) is 0. The highest BCUT2D eigenvalue weighted by Gasteiger charge is 2.55. The Labute approximate surface area is 195 Å². The second kappa shape index (κ2) is 9.01. The minimum Gasteiger partial charge on any atom is -0.376 e. The number of fused-ring (bicyclic) bond motifs is 1. The maximum Gasteiger partial charge on any atom is 0.190 e. The minimum absolute atomic E-state index is 0.293. The standard InChI is InChI=1S/C28H30O5/c1-27(2)32-25-24(29-3)23(31-26(25)33-27)19-30-28(20-13-7-4-8-14-20,21-15-9-5-10-16-21)22-17-11-6-12-18-22/h4-18,23-26H,19H2,1-3H3/t23-,24+,25-,26-/m1/s1. The molecule has 0 bridgehead atoms. The predicted octanol–water partition coefficient (Wildman–Crippen LogP) is 4.89. The van der Waals surface area contributed by atoms with Crippen molar-refractivity contribution in [2.75, 3.05) is 13.7 Å². The molecule has 33 heavy (non-hydrogen) atoms. The van der Waals surface area contributed by atoms with Crippen LogP contribution in [-0.2, 0) is 29.3 Å². The van der Waals surface area contributed by atoms with Gasteiger partial charge in [0, 0.05) is 7.11 Å². The molecule has 0 spiro atoms. The zero-order valence-electron chi connectivity index (χ0n) is 19.2. The molecule has 0 radical (unpaired) electrons. The Morgan fingerprint density at radius 3 is 1.70 bits per heavy atom. The van der Waals surface area contributed by atoms with Crippen LogP contribution in [0.1, 0.15) is 30.5 Å². The molecular formula is C28H30O5. The van der Waals surface area contributed by atoms with Crippen molar-refractivity contribution in [1.29, 1.82) is 0 Å². The Balaban J connectivity index is 1.52. The van der Waals surface area contributed by atoms with Crippen LogP contribution in [-0.4, -0.2) is 44.1 Å². The summed E-state index contributed by atoms with van der Waals surface area (Å²) in [6, 6.07) is 30.9. The summed E-state index contributed by atoms with van der Waals surface area (Å²) in [5.74, 6) is -0.695. The lowest BCUT2D eigenvalue weighted by Crippen LogP contribution is -2.41. The van der Waals surface area contributed by atoms with Gasteiger partial charge in [0.1, 0.15) is 23.9 Å². The highest BCUT2D eigenvalue weighted by atomic mass is 16.8. The first-order valence-electron chi connectivity index (χ1n) is 11.4. The van der Waals surface area contributed by atoms with Gasteiger partial charge in [-0.3, -0.25) is 0 Å². The molecule has 0 amide bonds. The highest BCUT2D eigenvalue weighted by molar-refractivity contribution is 5.47. The normalized spacial score (nSPS) is 26.3. The van der Waals surface area contributed by atoms with Crippen molar-refractivity contribution in [3.8, 4) is 0 Å². The molecule has 0 N–H and O–H groups in total. The highest BCUT2D eigenvalue weighted by Crippen LogP contribution is 2.43. The molecule has 2 heterocycles. The van der Waals surface area contributed by atoms with Crippen molar-refractivity contribution in [3.05, 3.63) is 108 Å². The molecule has 4 atom stereocenters. The van der Waals surface area contributed by atoms with E-state index in [1.807, 2.05) is 68.4 Å². The second-order valence-electron chi connectivity index (χ2n) is 8.93. The Kier molecular flexibility index (Phi) is 6.08. The van der Waals surface area contributed by atoms with Crippen LogP contribution in [0.15, 0.2) is 91.0 Å². The van der Waals surface area contributed by atoms with Crippen LogP contribution in [0.4, 0.5) is 0 Å². The Bertz CT molecular complexity index is 941. The molecule has 3 aromatic carbocycles. The van der Waals surface area contributed by atoms with Gasteiger partial charge in [-0.1, -0.05) is 91.0 Å². The van der Waals surface area contributed by atoms with Gasteiger partial charge in [-0.05, 0) is 30.5 Å². The number of methoxy groups -OCH3 is 1. The van der Waals surface area contributed by atoms with Gasteiger partial charge in [-0.25, -0.2) is 0 Å². The summed E-state index contributed by atoms with van der Waals surface area (Å²) in [4.78, 5) is 0. The maximum atomic E-state index is 6.91. The van der Waals surface area contributed by atoms with Crippen LogP contribution in [0, 0.1) is 0 Å². The fourth-order valence-electron chi connectivity index (χ4n) is 4.94. The molecule has 0 aliphatic carbocycles. The topological polar surface area (TPSA) is 46.2 Å². The second-order valence-corrected chi connectivity index (χ2v) is 8.93. The predicted molar refractivity (Wildman–Crippen MR) is 125 cm³/mol. The largest absolute Gasteiger partial charge is 0.376 e. The lowest BCUT2D eigenvalue weighted by atomic mass is 9.80. The summed E-state index contributed by atoms with van der Waals surface area (Å²) in [6.07, 6.45) is -1.40. The monoisotopic (exact) mass is 446 g/mol. The van der Waals surface area contributed by atoms with Gasteiger partial charge < -0.3 is 23.7 Å². The Hall–Kier alpha value is -2.54. The van der Waals surface area contributed by atoms with Crippen molar-refractivity contribution < 1.29 is 23.7 Å². The number of rotatable bonds is 7. The van der Waals surface area contributed by atoms with Crippen molar-refractivity contribution in [1.82, 2.24) is 0 Å². The van der Waals surface area contributed by atoms with Crippen LogP contribution in [0.2, 0.25) is 0 Å². The van der Waals surface area contributed by atoms with Gasteiger partial charge >= 0.3 is 0 Å². The summed E-state index contributed by atoms with van der Waals surface area (Å²) in [5.41, 5.74) is 2.32. The first-order chi connectivity index (χ1) is 16.0. The molecule has 5 rings (SSSR count). The van der Waals surface area contributed by atoms with E-state index in [0.29, 0.717) is 6.61 Å². The van der Waals surface area contributed by atoms with E-state index in [1.165, 1.54) is 0 Å². The third-order valence-electron chi connectivity index (χ3n) is 6.36. The molecule has 172 valence electrons. The van der Waals surface area contributed by atoms with Crippen LogP contribution in [0.5, 0.6) is 0 Å². The first-order valence-corrected chi connectivity index (χ1v) is 11.4. The van der Waals surface area contributed by atoms with Gasteiger partial charge in [0.15, 0.2) is 12.1 Å². The quantitative estimate of drug-likeness (QED) is 0.484. The fourth-order valence-corrected chi connectivity index (χ4v) is 4.94. The number of ether oxygens (including phenoxy) is 5. The Morgan fingerprint density at radius 1 is 0.758 bits per heavy atom. The van der Waals surface area contributed by atoms with E-state index in [-0.39, 0.29) is 18.3 Å². The molecule has 2 fully saturated rings. The van der Waals surface area contributed by atoms with E-state index in [9.17, 15) is 0 Å². The van der Waals surface area contributed by atoms with E-state index in [4.69, 9.17) is 23.7 Å². The molecule has 0 unspecified atom stereocenters. The molecule has 0 aromatic heterocycles. The van der Waals surface area contributed by atoms with Gasteiger partial charge in [-0.15, -0.1) is 0 Å². The molecule has 5 heteroatoms. The summed E-state index contributed by atoms with van der Waals surface area (Å²) < 4.78 is 30.9. The summed E-state index contributed by atoms with van der Waals surface area (Å²) >= 11 is 0. The maximum absolute atomic E-state index is 6.91. The van der Waals surface area contributed by atoms with Crippen LogP contribution >= 0.6 is 0 Å². The zero-order chi connectivity index (χ0) is 22.9. The molecule has 0 saturated carbocycles. The van der Waals surface area contributed by atoms with E-state index in [0.717, 1.165) is 16.7 Å². The Morgan fingerprint density at radius 2 is 1.24 bits per heavy atom. The van der Waals surface area contributed by atoms with E-state index >= 15 is 0 Å². The van der Waals surface area contributed by atoms with Crippen LogP contribution in [0.25, 0.3) is 0 Å². The van der Waals surface area contributed by atoms with Crippen LogP contribution in [0.3, 0.4) is 0 Å². The van der Waals surface area contributed by atoms with Crippen LogP contribution < -0.4 is 0 Å². The zero-order valence-corrected chi connectivity index (χ0v) is 19.2. The first kappa shape index (κ1) is 22.3. The summed E-state index contributed by atoms with van der Waals surface area (Å²) in [7, 11) is 1.68. The van der Waals surface area contributed by atoms with Crippen molar-refractivity contribution in [2.45, 2.75) is 49.8 Å². The average molecular weight is 447 g/mol. The molecular weight excluding hydrogens is 416 g/mol. The summed E-state index contributed by atoms with van der Waals surface area (Å²) in [5, 5.41) is 0. The van der Waals surface area contributed by atoms with E-state index in [2.05, 4.69) is 36.4 Å². The molecule has 2 aliphatic heterocycles. The smallest absolute Gasteiger partial charge is 0.190 e. The van der Waals surface area contributed by atoms with Gasteiger partial charge in [0.05, 0.1) is 6.61 Å². The molecule has 2 aliphatic rings. The number of hydrogen-bond acceptors (Lipinski definition) is 5. The van der Waals surface area contributed by atoms with Crippen molar-refractivity contribution >= 4 is 0 Å². The number of benzene rings is 3. The van der Waals surface area contributed by atoms with E-state index in [1.54, 1.807) is 7.11 Å². The fraction of sp³-hybridized carbons (Fsp3) is 0.357. The molecule has 2 saturated heterocycles. The van der Waals surface area contributed by atoms with E-state index < -0.39 is 17.7 Å². The van der Waals surface area contributed by atoms with Gasteiger partial charge in [-0.2, -0.15) is 0 Å². The van der Waals surface area contributed by atoms with Crippen molar-refractivity contribution in [3.63, 3.8) is 0 Å². The molecule has 3 aromatic rings. The lowest BCUT2D eigenvalue weighted by Gasteiger charge is -2.37.